The van der Waals surface area contributed by atoms with Crippen LogP contribution in [-0.2, 0) is 6.42 Å². The number of furan rings is 1. The first kappa shape index (κ1) is 15.8. The normalized spacial score (nSPS) is 14.3. The monoisotopic (exact) mass is 287 g/mol. The number of benzene rings is 1. The van der Waals surface area contributed by atoms with Gasteiger partial charge in [0.1, 0.15) is 5.76 Å². The third kappa shape index (κ3) is 4.73. The van der Waals surface area contributed by atoms with E-state index >= 15 is 0 Å². The van der Waals surface area contributed by atoms with Gasteiger partial charge < -0.3 is 14.8 Å². The molecule has 0 saturated heterocycles. The van der Waals surface area contributed by atoms with Crippen molar-refractivity contribution in [3.63, 3.8) is 0 Å². The number of hydrogen-bond donors (Lipinski definition) is 2. The third-order valence-electron chi connectivity index (χ3n) is 3.60. The van der Waals surface area contributed by atoms with E-state index in [0.29, 0.717) is 12.5 Å². The molecule has 2 N–H and O–H groups in total. The standard InChI is InChI=1S/C18H25NO2/c1-13(2)11-15-6-8-16(9-7-15)17(20)12-19-14(3)18-5-4-10-21-18/h4-10,13-14,17,19-20H,11-12H2,1-3H3. The van der Waals surface area contributed by atoms with Crippen molar-refractivity contribution in [3.8, 4) is 0 Å². The second-order valence-electron chi connectivity index (χ2n) is 6.00. The molecule has 0 amide bonds. The van der Waals surface area contributed by atoms with Crippen molar-refractivity contribution in [2.75, 3.05) is 6.54 Å². The second kappa shape index (κ2) is 7.43. The molecule has 0 saturated carbocycles. The van der Waals surface area contributed by atoms with Crippen molar-refractivity contribution < 1.29 is 9.52 Å². The summed E-state index contributed by atoms with van der Waals surface area (Å²) < 4.78 is 5.34. The second-order valence-corrected chi connectivity index (χ2v) is 6.00. The van der Waals surface area contributed by atoms with Crippen LogP contribution in [0.15, 0.2) is 47.1 Å². The molecule has 0 radical (unpaired) electrons. The molecule has 21 heavy (non-hydrogen) atoms. The lowest BCUT2D eigenvalue weighted by Crippen LogP contribution is -2.24. The van der Waals surface area contributed by atoms with Gasteiger partial charge in [-0.1, -0.05) is 38.1 Å². The van der Waals surface area contributed by atoms with Crippen LogP contribution in [0.1, 0.15) is 49.8 Å². The van der Waals surface area contributed by atoms with Crippen molar-refractivity contribution in [3.05, 3.63) is 59.5 Å². The molecule has 2 aromatic rings. The molecule has 0 fully saturated rings. The minimum atomic E-state index is -0.504. The Morgan fingerprint density at radius 2 is 1.81 bits per heavy atom. The highest BCUT2D eigenvalue weighted by Crippen LogP contribution is 2.17. The third-order valence-corrected chi connectivity index (χ3v) is 3.60. The summed E-state index contributed by atoms with van der Waals surface area (Å²) in [6.07, 6.45) is 2.23. The Kier molecular flexibility index (Phi) is 5.59. The summed E-state index contributed by atoms with van der Waals surface area (Å²) in [5.74, 6) is 1.53. The van der Waals surface area contributed by atoms with Gasteiger partial charge in [0.2, 0.25) is 0 Å². The van der Waals surface area contributed by atoms with E-state index in [9.17, 15) is 5.11 Å². The highest BCUT2D eigenvalue weighted by atomic mass is 16.3. The van der Waals surface area contributed by atoms with E-state index < -0.39 is 6.10 Å². The van der Waals surface area contributed by atoms with Gasteiger partial charge in [0.05, 0.1) is 18.4 Å². The molecule has 2 atom stereocenters. The Morgan fingerprint density at radius 3 is 2.38 bits per heavy atom. The first-order valence-corrected chi connectivity index (χ1v) is 7.60. The average molecular weight is 287 g/mol. The molecule has 1 aromatic carbocycles. The molecule has 1 aromatic heterocycles. The smallest absolute Gasteiger partial charge is 0.120 e. The highest BCUT2D eigenvalue weighted by molar-refractivity contribution is 5.24. The van der Waals surface area contributed by atoms with E-state index in [1.54, 1.807) is 6.26 Å². The summed E-state index contributed by atoms with van der Waals surface area (Å²) in [6, 6.07) is 12.1. The lowest BCUT2D eigenvalue weighted by atomic mass is 10.00. The first-order chi connectivity index (χ1) is 10.1. The predicted octanol–water partition coefficient (Wildman–Crippen LogP) is 3.86. The van der Waals surface area contributed by atoms with E-state index in [1.165, 1.54) is 5.56 Å². The van der Waals surface area contributed by atoms with Crippen molar-refractivity contribution in [1.82, 2.24) is 5.32 Å². The Morgan fingerprint density at radius 1 is 1.10 bits per heavy atom. The largest absolute Gasteiger partial charge is 0.468 e. The quantitative estimate of drug-likeness (QED) is 0.812. The molecule has 3 heteroatoms. The minimum Gasteiger partial charge on any atom is -0.468 e. The van der Waals surface area contributed by atoms with Crippen LogP contribution in [0.25, 0.3) is 0 Å². The SMILES string of the molecule is CC(C)Cc1ccc(C(O)CNC(C)c2ccco2)cc1. The zero-order valence-corrected chi connectivity index (χ0v) is 13.0. The van der Waals surface area contributed by atoms with E-state index in [4.69, 9.17) is 4.42 Å². The van der Waals surface area contributed by atoms with Crippen molar-refractivity contribution in [1.29, 1.82) is 0 Å². The fraction of sp³-hybridized carbons (Fsp3) is 0.444. The van der Waals surface area contributed by atoms with E-state index in [1.807, 2.05) is 31.2 Å². The fourth-order valence-corrected chi connectivity index (χ4v) is 2.39. The van der Waals surface area contributed by atoms with Gasteiger partial charge >= 0.3 is 0 Å². The van der Waals surface area contributed by atoms with Gasteiger partial charge in [0.15, 0.2) is 0 Å². The summed E-state index contributed by atoms with van der Waals surface area (Å²) in [6.45, 7) is 6.95. The van der Waals surface area contributed by atoms with Gasteiger partial charge in [-0.2, -0.15) is 0 Å². The number of nitrogens with one attached hydrogen (secondary N) is 1. The Hall–Kier alpha value is -1.58. The molecule has 1 heterocycles. The number of aliphatic hydroxyl groups excluding tert-OH is 1. The Bertz CT molecular complexity index is 517. The summed E-state index contributed by atoms with van der Waals surface area (Å²) in [5, 5.41) is 13.5. The number of rotatable bonds is 7. The molecule has 0 bridgehead atoms. The molecule has 0 aliphatic rings. The molecule has 2 rings (SSSR count). The Labute approximate surface area is 127 Å². The molecule has 3 nitrogen and oxygen atoms in total. The minimum absolute atomic E-state index is 0.0925. The zero-order valence-electron chi connectivity index (χ0n) is 13.0. The maximum absolute atomic E-state index is 10.2. The van der Waals surface area contributed by atoms with Gasteiger partial charge in [-0.3, -0.25) is 0 Å². The molecule has 0 aliphatic carbocycles. The lowest BCUT2D eigenvalue weighted by molar-refractivity contribution is 0.169. The van der Waals surface area contributed by atoms with Gasteiger partial charge in [-0.25, -0.2) is 0 Å². The summed E-state index contributed by atoms with van der Waals surface area (Å²) >= 11 is 0. The van der Waals surface area contributed by atoms with Crippen LogP contribution in [0.2, 0.25) is 0 Å². The maximum atomic E-state index is 10.2. The van der Waals surface area contributed by atoms with Crippen LogP contribution < -0.4 is 5.32 Å². The molecule has 2 unspecified atom stereocenters. The van der Waals surface area contributed by atoms with Crippen LogP contribution in [0.4, 0.5) is 0 Å². The van der Waals surface area contributed by atoms with E-state index in [2.05, 4.69) is 31.3 Å². The van der Waals surface area contributed by atoms with Crippen molar-refractivity contribution in [2.45, 2.75) is 39.3 Å². The fourth-order valence-electron chi connectivity index (χ4n) is 2.39. The first-order valence-electron chi connectivity index (χ1n) is 7.60. The number of hydrogen-bond acceptors (Lipinski definition) is 3. The van der Waals surface area contributed by atoms with Crippen LogP contribution >= 0.6 is 0 Å². The van der Waals surface area contributed by atoms with Crippen molar-refractivity contribution in [2.24, 2.45) is 5.92 Å². The van der Waals surface area contributed by atoms with Crippen LogP contribution in [0.3, 0.4) is 0 Å². The predicted molar refractivity (Wildman–Crippen MR) is 85.1 cm³/mol. The zero-order chi connectivity index (χ0) is 15.2. The average Bonchev–Trinajstić information content (AvgIpc) is 2.99. The molecular weight excluding hydrogens is 262 g/mol. The van der Waals surface area contributed by atoms with Gasteiger partial charge in [0.25, 0.3) is 0 Å². The van der Waals surface area contributed by atoms with Gasteiger partial charge in [0, 0.05) is 6.54 Å². The van der Waals surface area contributed by atoms with Crippen LogP contribution in [0.5, 0.6) is 0 Å². The summed E-state index contributed by atoms with van der Waals surface area (Å²) in [7, 11) is 0. The highest BCUT2D eigenvalue weighted by Gasteiger charge is 2.12. The molecule has 0 aliphatic heterocycles. The maximum Gasteiger partial charge on any atom is 0.120 e. The number of aliphatic hydroxyl groups is 1. The molecular formula is C18H25NO2. The van der Waals surface area contributed by atoms with Crippen LogP contribution in [-0.4, -0.2) is 11.7 Å². The van der Waals surface area contributed by atoms with Gasteiger partial charge in [-0.05, 0) is 42.5 Å². The summed E-state index contributed by atoms with van der Waals surface area (Å²) in [5.41, 5.74) is 2.26. The molecule has 0 spiro atoms. The van der Waals surface area contributed by atoms with Crippen LogP contribution in [0, 0.1) is 5.92 Å². The molecule has 114 valence electrons. The van der Waals surface area contributed by atoms with E-state index in [0.717, 1.165) is 17.7 Å². The topological polar surface area (TPSA) is 45.4 Å². The van der Waals surface area contributed by atoms with Gasteiger partial charge in [-0.15, -0.1) is 0 Å². The van der Waals surface area contributed by atoms with E-state index in [-0.39, 0.29) is 6.04 Å². The summed E-state index contributed by atoms with van der Waals surface area (Å²) in [4.78, 5) is 0. The van der Waals surface area contributed by atoms with Crippen molar-refractivity contribution >= 4 is 0 Å². The lowest BCUT2D eigenvalue weighted by Gasteiger charge is -2.16. The Balaban J connectivity index is 1.86.